The maximum Gasteiger partial charge on any atom is 0.193 e. The SMILES string of the molecule is CCNC(=NCCCCSC)N1CCC2(CCCCC2)C1.I. The summed E-state index contributed by atoms with van der Waals surface area (Å²) in [4.78, 5) is 7.40. The van der Waals surface area contributed by atoms with Crippen LogP contribution in [0.15, 0.2) is 4.99 Å². The molecule has 1 heterocycles. The van der Waals surface area contributed by atoms with E-state index in [0.29, 0.717) is 5.41 Å². The molecule has 22 heavy (non-hydrogen) atoms. The number of unbranched alkanes of at least 4 members (excludes halogenated alkanes) is 1. The lowest BCUT2D eigenvalue weighted by Crippen LogP contribution is -2.41. The molecule has 0 unspecified atom stereocenters. The van der Waals surface area contributed by atoms with Crippen molar-refractivity contribution >= 4 is 41.7 Å². The maximum atomic E-state index is 4.87. The van der Waals surface area contributed by atoms with Crippen LogP contribution in [0.2, 0.25) is 0 Å². The average molecular weight is 439 g/mol. The van der Waals surface area contributed by atoms with E-state index in [9.17, 15) is 0 Å². The first kappa shape index (κ1) is 20.4. The molecule has 1 aliphatic carbocycles. The molecule has 0 radical (unpaired) electrons. The van der Waals surface area contributed by atoms with Gasteiger partial charge in [0.15, 0.2) is 5.96 Å². The molecule has 5 heteroatoms. The van der Waals surface area contributed by atoms with Crippen LogP contribution in [0.1, 0.15) is 58.3 Å². The van der Waals surface area contributed by atoms with Gasteiger partial charge in [0.25, 0.3) is 0 Å². The van der Waals surface area contributed by atoms with E-state index in [0.717, 1.165) is 13.1 Å². The minimum absolute atomic E-state index is 0. The van der Waals surface area contributed by atoms with Gasteiger partial charge < -0.3 is 10.2 Å². The van der Waals surface area contributed by atoms with Gasteiger partial charge in [0, 0.05) is 26.2 Å². The van der Waals surface area contributed by atoms with Gasteiger partial charge in [-0.25, -0.2) is 0 Å². The quantitative estimate of drug-likeness (QED) is 0.288. The van der Waals surface area contributed by atoms with E-state index in [1.807, 2.05) is 11.8 Å². The molecule has 2 fully saturated rings. The van der Waals surface area contributed by atoms with Gasteiger partial charge in [0.2, 0.25) is 0 Å². The van der Waals surface area contributed by atoms with Crippen LogP contribution < -0.4 is 5.32 Å². The van der Waals surface area contributed by atoms with E-state index >= 15 is 0 Å². The van der Waals surface area contributed by atoms with Crippen LogP contribution in [0.5, 0.6) is 0 Å². The zero-order valence-electron chi connectivity index (χ0n) is 14.4. The molecule has 0 amide bonds. The molecule has 0 aromatic heterocycles. The number of rotatable bonds is 6. The van der Waals surface area contributed by atoms with Gasteiger partial charge in [0.05, 0.1) is 0 Å². The zero-order chi connectivity index (χ0) is 15.0. The summed E-state index contributed by atoms with van der Waals surface area (Å²) in [6, 6.07) is 0. The standard InChI is InChI=1S/C17H33N3S.HI/c1-3-18-16(19-12-7-8-14-21-2)20-13-11-17(15-20)9-5-4-6-10-17;/h3-15H2,1-2H3,(H,18,19);1H. The Hall–Kier alpha value is 0.350. The zero-order valence-corrected chi connectivity index (χ0v) is 17.6. The van der Waals surface area contributed by atoms with Crippen LogP contribution in [-0.4, -0.2) is 49.0 Å². The predicted molar refractivity (Wildman–Crippen MR) is 111 cm³/mol. The van der Waals surface area contributed by atoms with Gasteiger partial charge in [-0.15, -0.1) is 24.0 Å². The van der Waals surface area contributed by atoms with Crippen molar-refractivity contribution in [3.05, 3.63) is 0 Å². The van der Waals surface area contributed by atoms with Gasteiger partial charge in [-0.1, -0.05) is 19.3 Å². The Morgan fingerprint density at radius 3 is 2.64 bits per heavy atom. The van der Waals surface area contributed by atoms with E-state index in [1.54, 1.807) is 0 Å². The van der Waals surface area contributed by atoms with Gasteiger partial charge in [0.1, 0.15) is 0 Å². The summed E-state index contributed by atoms with van der Waals surface area (Å²) in [5, 5.41) is 3.51. The molecule has 2 aliphatic rings. The summed E-state index contributed by atoms with van der Waals surface area (Å²) in [6.07, 6.45) is 13.3. The van der Waals surface area contributed by atoms with Crippen molar-refractivity contribution in [2.45, 2.75) is 58.3 Å². The Balaban J connectivity index is 0.00000242. The van der Waals surface area contributed by atoms with Crippen LogP contribution in [0.25, 0.3) is 0 Å². The Labute approximate surface area is 158 Å². The first-order chi connectivity index (χ1) is 10.3. The van der Waals surface area contributed by atoms with Gasteiger partial charge in [-0.2, -0.15) is 11.8 Å². The molecular weight excluding hydrogens is 405 g/mol. The number of halogens is 1. The lowest BCUT2D eigenvalue weighted by molar-refractivity contribution is 0.203. The lowest BCUT2D eigenvalue weighted by atomic mass is 9.73. The largest absolute Gasteiger partial charge is 0.357 e. The number of aliphatic imine (C=N–C) groups is 1. The van der Waals surface area contributed by atoms with Gasteiger partial charge in [-0.05, 0) is 56.5 Å². The summed E-state index contributed by atoms with van der Waals surface area (Å²) in [7, 11) is 0. The highest BCUT2D eigenvalue weighted by atomic mass is 127. The molecule has 130 valence electrons. The van der Waals surface area contributed by atoms with E-state index in [2.05, 4.69) is 23.4 Å². The highest BCUT2D eigenvalue weighted by Crippen LogP contribution is 2.43. The van der Waals surface area contributed by atoms with Gasteiger partial charge in [-0.3, -0.25) is 4.99 Å². The summed E-state index contributed by atoms with van der Waals surface area (Å²) < 4.78 is 0. The third kappa shape index (κ3) is 6.10. The molecule has 1 N–H and O–H groups in total. The van der Waals surface area contributed by atoms with Crippen molar-refractivity contribution in [3.63, 3.8) is 0 Å². The number of hydrogen-bond acceptors (Lipinski definition) is 2. The molecule has 0 aromatic rings. The summed E-state index contributed by atoms with van der Waals surface area (Å²) in [5.41, 5.74) is 0.618. The molecule has 1 saturated carbocycles. The molecule has 1 aliphatic heterocycles. The Morgan fingerprint density at radius 1 is 1.18 bits per heavy atom. The third-order valence-corrected chi connectivity index (χ3v) is 5.70. The number of nitrogens with one attached hydrogen (secondary N) is 1. The Morgan fingerprint density at radius 2 is 1.95 bits per heavy atom. The first-order valence-corrected chi connectivity index (χ1v) is 10.2. The molecular formula is C17H34IN3S. The Bertz CT molecular complexity index is 330. The molecule has 1 spiro atoms. The number of hydrogen-bond donors (Lipinski definition) is 1. The first-order valence-electron chi connectivity index (χ1n) is 8.82. The Kier molecular flexibility index (Phi) is 10.2. The number of thioether (sulfide) groups is 1. The van der Waals surface area contributed by atoms with Gasteiger partial charge >= 0.3 is 0 Å². The molecule has 1 saturated heterocycles. The predicted octanol–water partition coefficient (Wildman–Crippen LogP) is 4.37. The van der Waals surface area contributed by atoms with Crippen molar-refractivity contribution in [1.29, 1.82) is 0 Å². The summed E-state index contributed by atoms with van der Waals surface area (Å²) >= 11 is 1.94. The van der Waals surface area contributed by atoms with Crippen LogP contribution >= 0.6 is 35.7 Å². The summed E-state index contributed by atoms with van der Waals surface area (Å²) in [6.45, 7) is 6.58. The molecule has 2 rings (SSSR count). The molecule has 3 nitrogen and oxygen atoms in total. The summed E-state index contributed by atoms with van der Waals surface area (Å²) in [5.74, 6) is 2.43. The minimum Gasteiger partial charge on any atom is -0.357 e. The average Bonchev–Trinajstić information content (AvgIpc) is 2.90. The van der Waals surface area contributed by atoms with Crippen LogP contribution in [0.4, 0.5) is 0 Å². The molecule has 0 atom stereocenters. The minimum atomic E-state index is 0. The van der Waals surface area contributed by atoms with Crippen molar-refractivity contribution < 1.29 is 0 Å². The van der Waals surface area contributed by atoms with E-state index in [1.165, 1.54) is 76.2 Å². The second-order valence-electron chi connectivity index (χ2n) is 6.67. The third-order valence-electron chi connectivity index (χ3n) is 5.01. The number of nitrogens with zero attached hydrogens (tertiary/aromatic N) is 2. The normalized spacial score (nSPS) is 21.0. The van der Waals surface area contributed by atoms with Crippen molar-refractivity contribution in [2.75, 3.05) is 38.2 Å². The van der Waals surface area contributed by atoms with E-state index < -0.39 is 0 Å². The number of likely N-dealkylation sites (tertiary alicyclic amines) is 1. The number of guanidine groups is 1. The van der Waals surface area contributed by atoms with Crippen LogP contribution in [-0.2, 0) is 0 Å². The van der Waals surface area contributed by atoms with Crippen LogP contribution in [0.3, 0.4) is 0 Å². The van der Waals surface area contributed by atoms with E-state index in [4.69, 9.17) is 4.99 Å². The highest BCUT2D eigenvalue weighted by molar-refractivity contribution is 14.0. The fraction of sp³-hybridized carbons (Fsp3) is 0.941. The smallest absolute Gasteiger partial charge is 0.193 e. The van der Waals surface area contributed by atoms with Crippen molar-refractivity contribution in [2.24, 2.45) is 10.4 Å². The second kappa shape index (κ2) is 11.0. The van der Waals surface area contributed by atoms with Crippen molar-refractivity contribution in [3.8, 4) is 0 Å². The molecule has 0 bridgehead atoms. The maximum absolute atomic E-state index is 4.87. The fourth-order valence-electron chi connectivity index (χ4n) is 3.79. The second-order valence-corrected chi connectivity index (χ2v) is 7.65. The van der Waals surface area contributed by atoms with Crippen molar-refractivity contribution in [1.82, 2.24) is 10.2 Å². The topological polar surface area (TPSA) is 27.6 Å². The lowest BCUT2D eigenvalue weighted by Gasteiger charge is -2.33. The highest BCUT2D eigenvalue weighted by Gasteiger charge is 2.39. The van der Waals surface area contributed by atoms with E-state index in [-0.39, 0.29) is 24.0 Å². The van der Waals surface area contributed by atoms with Crippen LogP contribution in [0, 0.1) is 5.41 Å². The monoisotopic (exact) mass is 439 g/mol. The molecule has 0 aromatic carbocycles. The fourth-order valence-corrected chi connectivity index (χ4v) is 4.29.